The number of nitrogens with one attached hydrogen (secondary N) is 1. The van der Waals surface area contributed by atoms with Gasteiger partial charge in [0.2, 0.25) is 0 Å². The van der Waals surface area contributed by atoms with E-state index in [1.165, 1.54) is 25.7 Å². The number of hydrogen-bond acceptors (Lipinski definition) is 2. The van der Waals surface area contributed by atoms with Gasteiger partial charge in [0.25, 0.3) is 5.91 Å². The van der Waals surface area contributed by atoms with Crippen molar-refractivity contribution in [3.05, 3.63) is 34.9 Å². The summed E-state index contributed by atoms with van der Waals surface area (Å²) in [5.74, 6) is 6.50. The highest BCUT2D eigenvalue weighted by atomic mass is 16.1. The third kappa shape index (κ3) is 3.61. The average molecular weight is 270 g/mol. The van der Waals surface area contributed by atoms with Crippen LogP contribution < -0.4 is 11.1 Å². The predicted molar refractivity (Wildman–Crippen MR) is 81.4 cm³/mol. The fourth-order valence-corrected chi connectivity index (χ4v) is 2.71. The van der Waals surface area contributed by atoms with E-state index in [2.05, 4.69) is 17.2 Å². The minimum atomic E-state index is 0.00537. The van der Waals surface area contributed by atoms with Crippen LogP contribution in [0, 0.1) is 24.7 Å². The highest BCUT2D eigenvalue weighted by Crippen LogP contribution is 2.24. The van der Waals surface area contributed by atoms with Crippen LogP contribution >= 0.6 is 0 Å². The minimum Gasteiger partial charge on any atom is -0.352 e. The van der Waals surface area contributed by atoms with E-state index in [0.717, 1.165) is 17.7 Å². The quantitative estimate of drug-likeness (QED) is 0.828. The van der Waals surface area contributed by atoms with Gasteiger partial charge in [-0.15, -0.1) is 0 Å². The maximum Gasteiger partial charge on any atom is 0.251 e. The molecule has 1 amide bonds. The maximum atomic E-state index is 12.3. The van der Waals surface area contributed by atoms with E-state index < -0.39 is 0 Å². The summed E-state index contributed by atoms with van der Waals surface area (Å²) in [4.78, 5) is 12.3. The molecule has 0 unspecified atom stereocenters. The first kappa shape index (κ1) is 14.6. The van der Waals surface area contributed by atoms with Gasteiger partial charge in [-0.1, -0.05) is 30.7 Å². The second kappa shape index (κ2) is 7.12. The minimum absolute atomic E-state index is 0.00537. The van der Waals surface area contributed by atoms with Crippen molar-refractivity contribution in [3.8, 4) is 11.8 Å². The molecule has 20 heavy (non-hydrogen) atoms. The van der Waals surface area contributed by atoms with Crippen LogP contribution in [-0.2, 0) is 0 Å². The van der Waals surface area contributed by atoms with Gasteiger partial charge in [0.05, 0.1) is 6.54 Å². The lowest BCUT2D eigenvalue weighted by Gasteiger charge is -2.12. The van der Waals surface area contributed by atoms with E-state index in [4.69, 9.17) is 5.73 Å². The van der Waals surface area contributed by atoms with Crippen LogP contribution in [0.25, 0.3) is 0 Å². The van der Waals surface area contributed by atoms with Crippen molar-refractivity contribution in [2.24, 2.45) is 11.7 Å². The predicted octanol–water partition coefficient (Wildman–Crippen LogP) is 2.23. The van der Waals surface area contributed by atoms with Crippen molar-refractivity contribution in [2.75, 3.05) is 13.1 Å². The number of carbonyl (C=O) groups is 1. The lowest BCUT2D eigenvalue weighted by Crippen LogP contribution is -2.29. The van der Waals surface area contributed by atoms with Gasteiger partial charge in [0.15, 0.2) is 0 Å². The highest BCUT2D eigenvalue weighted by Gasteiger charge is 2.17. The summed E-state index contributed by atoms with van der Waals surface area (Å²) in [5, 5.41) is 3.05. The van der Waals surface area contributed by atoms with Gasteiger partial charge in [-0.3, -0.25) is 4.79 Å². The average Bonchev–Trinajstić information content (AvgIpc) is 2.97. The molecule has 106 valence electrons. The molecule has 2 rings (SSSR count). The van der Waals surface area contributed by atoms with Crippen LogP contribution in [0.1, 0.15) is 47.2 Å². The van der Waals surface area contributed by atoms with Crippen molar-refractivity contribution < 1.29 is 4.79 Å². The Morgan fingerprint density at radius 1 is 1.40 bits per heavy atom. The maximum absolute atomic E-state index is 12.3. The van der Waals surface area contributed by atoms with E-state index >= 15 is 0 Å². The van der Waals surface area contributed by atoms with Gasteiger partial charge >= 0.3 is 0 Å². The molecule has 0 aromatic heterocycles. The monoisotopic (exact) mass is 270 g/mol. The van der Waals surface area contributed by atoms with Crippen molar-refractivity contribution in [2.45, 2.75) is 32.6 Å². The molecule has 0 heterocycles. The van der Waals surface area contributed by atoms with E-state index in [9.17, 15) is 4.79 Å². The molecule has 1 aliphatic carbocycles. The van der Waals surface area contributed by atoms with Gasteiger partial charge in [-0.05, 0) is 43.4 Å². The summed E-state index contributed by atoms with van der Waals surface area (Å²) in [7, 11) is 0. The first-order valence-electron chi connectivity index (χ1n) is 7.29. The Morgan fingerprint density at radius 2 is 2.15 bits per heavy atom. The summed E-state index contributed by atoms with van der Waals surface area (Å²) in [6, 6.07) is 5.65. The topological polar surface area (TPSA) is 55.1 Å². The molecular weight excluding hydrogens is 248 g/mol. The Morgan fingerprint density at radius 3 is 2.85 bits per heavy atom. The number of hydrogen-bond donors (Lipinski definition) is 2. The Kier molecular flexibility index (Phi) is 5.20. The first-order valence-corrected chi connectivity index (χ1v) is 7.29. The molecule has 0 aliphatic heterocycles. The van der Waals surface area contributed by atoms with Crippen molar-refractivity contribution in [3.63, 3.8) is 0 Å². The molecule has 0 bridgehead atoms. The number of amides is 1. The molecule has 0 spiro atoms. The lowest BCUT2D eigenvalue weighted by molar-refractivity contribution is 0.0946. The van der Waals surface area contributed by atoms with E-state index in [1.54, 1.807) is 0 Å². The van der Waals surface area contributed by atoms with Gasteiger partial charge in [0, 0.05) is 17.7 Å². The zero-order valence-electron chi connectivity index (χ0n) is 12.0. The molecule has 0 atom stereocenters. The SMILES string of the molecule is Cc1c(C#CCN)cccc1C(=O)NCC1CCCC1. The standard InChI is InChI=1S/C17H22N2O/c1-13-15(9-5-11-18)8-4-10-16(13)17(20)19-12-14-6-2-3-7-14/h4,8,10,14H,2-3,6-7,11-12,18H2,1H3,(H,19,20). The summed E-state index contributed by atoms with van der Waals surface area (Å²) < 4.78 is 0. The van der Waals surface area contributed by atoms with E-state index in [0.29, 0.717) is 18.0 Å². The van der Waals surface area contributed by atoms with Crippen LogP contribution in [0.15, 0.2) is 18.2 Å². The van der Waals surface area contributed by atoms with Crippen molar-refractivity contribution >= 4 is 5.91 Å². The second-order valence-electron chi connectivity index (χ2n) is 5.34. The number of carbonyl (C=O) groups excluding carboxylic acids is 1. The summed E-state index contributed by atoms with van der Waals surface area (Å²) >= 11 is 0. The zero-order valence-corrected chi connectivity index (χ0v) is 12.0. The summed E-state index contributed by atoms with van der Waals surface area (Å²) in [6.45, 7) is 3.06. The molecule has 0 radical (unpaired) electrons. The van der Waals surface area contributed by atoms with Crippen LogP contribution in [0.4, 0.5) is 0 Å². The van der Waals surface area contributed by atoms with Gasteiger partial charge in [0.1, 0.15) is 0 Å². The molecule has 1 aliphatic rings. The Balaban J connectivity index is 2.05. The molecule has 0 saturated heterocycles. The van der Waals surface area contributed by atoms with Crippen LogP contribution in [0.3, 0.4) is 0 Å². The smallest absolute Gasteiger partial charge is 0.251 e. The van der Waals surface area contributed by atoms with E-state index in [-0.39, 0.29) is 5.91 Å². The van der Waals surface area contributed by atoms with Gasteiger partial charge in [-0.2, -0.15) is 0 Å². The number of nitrogens with two attached hydrogens (primary N) is 1. The fraction of sp³-hybridized carbons (Fsp3) is 0.471. The Labute approximate surface area is 120 Å². The van der Waals surface area contributed by atoms with Crippen molar-refractivity contribution in [1.82, 2.24) is 5.32 Å². The number of benzene rings is 1. The van der Waals surface area contributed by atoms with Crippen LogP contribution in [0.5, 0.6) is 0 Å². The third-order valence-electron chi connectivity index (χ3n) is 3.93. The molecule has 1 aromatic rings. The Bertz CT molecular complexity index is 534. The molecule has 1 aromatic carbocycles. The van der Waals surface area contributed by atoms with Gasteiger partial charge in [-0.25, -0.2) is 0 Å². The van der Waals surface area contributed by atoms with Crippen molar-refractivity contribution in [1.29, 1.82) is 0 Å². The lowest BCUT2D eigenvalue weighted by atomic mass is 10.0. The Hall–Kier alpha value is -1.79. The first-order chi connectivity index (χ1) is 9.72. The summed E-state index contributed by atoms with van der Waals surface area (Å²) in [6.07, 6.45) is 5.07. The van der Waals surface area contributed by atoms with Crippen LogP contribution in [0.2, 0.25) is 0 Å². The molecule has 3 N–H and O–H groups in total. The molecule has 1 saturated carbocycles. The van der Waals surface area contributed by atoms with Gasteiger partial charge < -0.3 is 11.1 Å². The molecule has 3 heteroatoms. The van der Waals surface area contributed by atoms with E-state index in [1.807, 2.05) is 25.1 Å². The zero-order chi connectivity index (χ0) is 14.4. The largest absolute Gasteiger partial charge is 0.352 e. The number of rotatable bonds is 3. The molecule has 1 fully saturated rings. The fourth-order valence-electron chi connectivity index (χ4n) is 2.71. The second-order valence-corrected chi connectivity index (χ2v) is 5.34. The van der Waals surface area contributed by atoms with Crippen LogP contribution in [-0.4, -0.2) is 19.0 Å². The third-order valence-corrected chi connectivity index (χ3v) is 3.93. The summed E-state index contributed by atoms with van der Waals surface area (Å²) in [5.41, 5.74) is 7.91. The highest BCUT2D eigenvalue weighted by molar-refractivity contribution is 5.96. The molecule has 3 nitrogen and oxygen atoms in total. The molecular formula is C17H22N2O. The normalized spacial score (nSPS) is 14.7.